The Morgan fingerprint density at radius 2 is 1.94 bits per heavy atom. The topological polar surface area (TPSA) is 105 Å². The molecular weight excluding hydrogens is 394 g/mol. The molecule has 1 saturated carbocycles. The largest absolute Gasteiger partial charge is 0.440 e. The number of aldehydes is 1. The van der Waals surface area contributed by atoms with Gasteiger partial charge in [0.25, 0.3) is 5.91 Å². The number of fused-ring (bicyclic) bond motifs is 1. The number of hydrogen-bond donors (Lipinski definition) is 2. The monoisotopic (exact) mass is 421 g/mol. The van der Waals surface area contributed by atoms with Gasteiger partial charge < -0.3 is 19.6 Å². The molecule has 0 aliphatic heterocycles. The second kappa shape index (κ2) is 8.23. The number of carbonyl (C=O) groups excluding carboxylic acids is 2. The molecule has 0 unspecified atom stereocenters. The first kappa shape index (κ1) is 21.2. The molecule has 0 saturated heterocycles. The van der Waals surface area contributed by atoms with Crippen LogP contribution in [0.2, 0.25) is 0 Å². The van der Waals surface area contributed by atoms with Gasteiger partial charge >= 0.3 is 0 Å². The Balaban J connectivity index is 1.67. The summed E-state index contributed by atoms with van der Waals surface area (Å²) in [5, 5.41) is 13.6. The van der Waals surface area contributed by atoms with Gasteiger partial charge in [-0.1, -0.05) is 6.07 Å². The summed E-state index contributed by atoms with van der Waals surface area (Å²) in [4.78, 5) is 32.7. The molecular formula is C24H27N3O4. The Morgan fingerprint density at radius 3 is 2.58 bits per heavy atom. The lowest BCUT2D eigenvalue weighted by Crippen LogP contribution is -2.21. The van der Waals surface area contributed by atoms with Crippen LogP contribution < -0.4 is 5.32 Å². The number of carbonyl (C=O) groups is 2. The fourth-order valence-electron chi connectivity index (χ4n) is 4.13. The second-order valence-electron chi connectivity index (χ2n) is 8.84. The van der Waals surface area contributed by atoms with E-state index in [4.69, 9.17) is 4.42 Å². The average molecular weight is 421 g/mol. The van der Waals surface area contributed by atoms with Crippen LogP contribution in [0.15, 0.2) is 34.7 Å². The first-order valence-corrected chi connectivity index (χ1v) is 10.6. The molecule has 1 fully saturated rings. The number of anilines is 1. The fourth-order valence-corrected chi connectivity index (χ4v) is 4.13. The van der Waals surface area contributed by atoms with Crippen LogP contribution in [0.25, 0.3) is 11.1 Å². The first-order valence-electron chi connectivity index (χ1n) is 10.6. The molecule has 0 spiro atoms. The summed E-state index contributed by atoms with van der Waals surface area (Å²) >= 11 is 0. The van der Waals surface area contributed by atoms with Crippen molar-refractivity contribution in [1.29, 1.82) is 0 Å². The fraction of sp³-hybridized carbons (Fsp3) is 0.417. The minimum atomic E-state index is -1.20. The highest BCUT2D eigenvalue weighted by atomic mass is 16.3. The van der Waals surface area contributed by atoms with Crippen LogP contribution in [-0.2, 0) is 10.4 Å². The van der Waals surface area contributed by atoms with E-state index < -0.39 is 5.60 Å². The molecule has 31 heavy (non-hydrogen) atoms. The van der Waals surface area contributed by atoms with Crippen LogP contribution in [0.3, 0.4) is 0 Å². The summed E-state index contributed by atoms with van der Waals surface area (Å²) in [6.07, 6.45) is 4.43. The third-order valence-electron chi connectivity index (χ3n) is 5.89. The van der Waals surface area contributed by atoms with Crippen molar-refractivity contribution in [3.8, 4) is 0 Å². The lowest BCUT2D eigenvalue weighted by atomic mass is 9.83. The van der Waals surface area contributed by atoms with Gasteiger partial charge in [-0.25, -0.2) is 9.97 Å². The SMILES string of the molecule is Cc1cccc(C(=O)Nc2cc3oc([C@H]4CC[C@H](C=O)CC4)nc3cc2C(C)(C)O)n1. The van der Waals surface area contributed by atoms with Gasteiger partial charge in [-0.2, -0.15) is 0 Å². The molecule has 7 nitrogen and oxygen atoms in total. The molecule has 2 N–H and O–H groups in total. The molecule has 1 amide bonds. The number of pyridine rings is 1. The highest BCUT2D eigenvalue weighted by Crippen LogP contribution is 2.38. The third-order valence-corrected chi connectivity index (χ3v) is 5.89. The van der Waals surface area contributed by atoms with E-state index in [0.717, 1.165) is 37.7 Å². The van der Waals surface area contributed by atoms with Crippen molar-refractivity contribution in [3.63, 3.8) is 0 Å². The number of amides is 1. The zero-order valence-electron chi connectivity index (χ0n) is 18.0. The molecule has 7 heteroatoms. The van der Waals surface area contributed by atoms with E-state index in [2.05, 4.69) is 15.3 Å². The number of aryl methyl sites for hydroxylation is 1. The van der Waals surface area contributed by atoms with E-state index in [1.165, 1.54) is 0 Å². The smallest absolute Gasteiger partial charge is 0.274 e. The highest BCUT2D eigenvalue weighted by molar-refractivity contribution is 6.04. The van der Waals surface area contributed by atoms with E-state index in [1.54, 1.807) is 38.1 Å². The molecule has 4 rings (SSSR count). The Bertz CT molecular complexity index is 1120. The van der Waals surface area contributed by atoms with Crippen LogP contribution in [-0.4, -0.2) is 27.3 Å². The molecule has 3 aromatic rings. The Labute approximate surface area is 180 Å². The van der Waals surface area contributed by atoms with E-state index in [1.807, 2.05) is 13.0 Å². The lowest BCUT2D eigenvalue weighted by molar-refractivity contribution is -0.112. The quantitative estimate of drug-likeness (QED) is 0.588. The van der Waals surface area contributed by atoms with Gasteiger partial charge in [0.15, 0.2) is 11.5 Å². The summed E-state index contributed by atoms with van der Waals surface area (Å²) < 4.78 is 6.04. The zero-order chi connectivity index (χ0) is 22.2. The molecule has 2 heterocycles. The molecule has 1 aliphatic rings. The van der Waals surface area contributed by atoms with Crippen LogP contribution in [0, 0.1) is 12.8 Å². The number of nitrogens with zero attached hydrogens (tertiary/aromatic N) is 2. The molecule has 1 aliphatic carbocycles. The van der Waals surface area contributed by atoms with Crippen LogP contribution in [0.5, 0.6) is 0 Å². The lowest BCUT2D eigenvalue weighted by Gasteiger charge is -2.22. The molecule has 0 bridgehead atoms. The Morgan fingerprint density at radius 1 is 1.19 bits per heavy atom. The van der Waals surface area contributed by atoms with E-state index in [-0.39, 0.29) is 17.7 Å². The molecule has 162 valence electrons. The van der Waals surface area contributed by atoms with Crippen LogP contribution in [0.1, 0.15) is 73.1 Å². The van der Waals surface area contributed by atoms with Crippen molar-refractivity contribution < 1.29 is 19.1 Å². The number of aliphatic hydroxyl groups is 1. The molecule has 2 aromatic heterocycles. The van der Waals surface area contributed by atoms with Crippen LogP contribution in [0.4, 0.5) is 5.69 Å². The maximum absolute atomic E-state index is 12.8. The molecule has 0 atom stereocenters. The minimum absolute atomic E-state index is 0.125. The summed E-state index contributed by atoms with van der Waals surface area (Å²) in [5.41, 5.74) is 2.04. The number of rotatable bonds is 5. The molecule has 1 aromatic carbocycles. The van der Waals surface area contributed by atoms with Crippen molar-refractivity contribution in [3.05, 3.63) is 53.2 Å². The van der Waals surface area contributed by atoms with Gasteiger partial charge in [0.1, 0.15) is 17.5 Å². The first-order chi connectivity index (χ1) is 14.7. The van der Waals surface area contributed by atoms with E-state index >= 15 is 0 Å². The number of benzene rings is 1. The van der Waals surface area contributed by atoms with Gasteiger partial charge in [0.05, 0.1) is 11.3 Å². The number of nitrogens with one attached hydrogen (secondary N) is 1. The summed E-state index contributed by atoms with van der Waals surface area (Å²) in [7, 11) is 0. The van der Waals surface area contributed by atoms with Crippen molar-refractivity contribution in [2.45, 2.75) is 58.0 Å². The summed E-state index contributed by atoms with van der Waals surface area (Å²) in [5.74, 6) is 0.577. The van der Waals surface area contributed by atoms with Crippen molar-refractivity contribution >= 4 is 29.0 Å². The number of oxazole rings is 1. The number of aromatic nitrogens is 2. The third kappa shape index (κ3) is 4.51. The minimum Gasteiger partial charge on any atom is -0.440 e. The van der Waals surface area contributed by atoms with Gasteiger partial charge in [-0.15, -0.1) is 0 Å². The summed E-state index contributed by atoms with van der Waals surface area (Å²) in [6.45, 7) is 5.15. The van der Waals surface area contributed by atoms with Crippen molar-refractivity contribution in [2.75, 3.05) is 5.32 Å². The Hall–Kier alpha value is -3.06. The molecule has 0 radical (unpaired) electrons. The highest BCUT2D eigenvalue weighted by Gasteiger charge is 2.28. The standard InChI is InChI=1S/C24H27N3O4/c1-14-5-4-6-18(25-14)22(29)26-19-12-21-20(11-17(19)24(2,3)30)27-23(31-21)16-9-7-15(13-28)8-10-16/h4-6,11-13,15-16,30H,7-10H2,1-3H3,(H,26,29)/t15-,16-. The maximum atomic E-state index is 12.8. The average Bonchev–Trinajstić information content (AvgIpc) is 3.15. The van der Waals surface area contributed by atoms with Gasteiger partial charge in [-0.3, -0.25) is 4.79 Å². The Kier molecular flexibility index (Phi) is 5.62. The van der Waals surface area contributed by atoms with Gasteiger partial charge in [-0.05, 0) is 64.7 Å². The normalized spacial score (nSPS) is 19.4. The predicted octanol–water partition coefficient (Wildman–Crippen LogP) is 4.48. The van der Waals surface area contributed by atoms with E-state index in [0.29, 0.717) is 33.9 Å². The van der Waals surface area contributed by atoms with Crippen LogP contribution >= 0.6 is 0 Å². The predicted molar refractivity (Wildman–Crippen MR) is 117 cm³/mol. The maximum Gasteiger partial charge on any atom is 0.274 e. The zero-order valence-corrected chi connectivity index (χ0v) is 18.0. The van der Waals surface area contributed by atoms with Gasteiger partial charge in [0, 0.05) is 29.2 Å². The van der Waals surface area contributed by atoms with Gasteiger partial charge in [0.2, 0.25) is 0 Å². The summed E-state index contributed by atoms with van der Waals surface area (Å²) in [6, 6.07) is 8.72. The second-order valence-corrected chi connectivity index (χ2v) is 8.84. The van der Waals surface area contributed by atoms with E-state index in [9.17, 15) is 14.7 Å². The number of hydrogen-bond acceptors (Lipinski definition) is 6. The van der Waals surface area contributed by atoms with Crippen molar-refractivity contribution in [2.24, 2.45) is 5.92 Å². The van der Waals surface area contributed by atoms with Crippen molar-refractivity contribution in [1.82, 2.24) is 9.97 Å².